The summed E-state index contributed by atoms with van der Waals surface area (Å²) < 4.78 is 5.55. The number of fused-ring (bicyclic) bond motifs is 2. The fourth-order valence-corrected chi connectivity index (χ4v) is 6.48. The van der Waals surface area contributed by atoms with Crippen molar-refractivity contribution in [2.75, 3.05) is 54.8 Å². The van der Waals surface area contributed by atoms with E-state index in [0.717, 1.165) is 51.3 Å². The number of rotatable bonds is 5. The van der Waals surface area contributed by atoms with E-state index in [2.05, 4.69) is 49.2 Å². The average molecular weight is 572 g/mol. The Hall–Kier alpha value is -4.05. The molecule has 0 saturated carbocycles. The van der Waals surface area contributed by atoms with Crippen LogP contribution in [0.1, 0.15) is 39.2 Å². The molecule has 1 amide bonds. The van der Waals surface area contributed by atoms with E-state index in [9.17, 15) is 9.90 Å². The molecule has 2 bridgehead atoms. The molecule has 2 atom stereocenters. The van der Waals surface area contributed by atoms with Crippen LogP contribution in [0.5, 0.6) is 5.75 Å². The number of para-hydroxylation sites is 1. The van der Waals surface area contributed by atoms with E-state index in [1.807, 2.05) is 43.9 Å². The van der Waals surface area contributed by atoms with E-state index < -0.39 is 5.60 Å². The standard InChI is InChI=1S/C32H41N7O3/c1-32(2,3)42-31(41)37-15-13-36(14-16-37)19-22-7-6-8-23(17-22)39-24-11-12-25(39)21-38(20-24)28-18-27(34-35-30(28)33)26-9-4-5-10-29(26)40/h4-10,17-18,24-25,40H,11-16,19-21H2,1-3H3,(H2,33,35). The molecule has 2 unspecified atom stereocenters. The summed E-state index contributed by atoms with van der Waals surface area (Å²) in [5, 5.41) is 18.9. The first-order valence-electron chi connectivity index (χ1n) is 14.9. The summed E-state index contributed by atoms with van der Waals surface area (Å²) in [5.41, 5.74) is 10.5. The molecule has 0 radical (unpaired) electrons. The lowest BCUT2D eigenvalue weighted by molar-refractivity contribution is 0.0139. The molecule has 1 aromatic heterocycles. The monoisotopic (exact) mass is 571 g/mol. The van der Waals surface area contributed by atoms with Crippen LogP contribution in [0.3, 0.4) is 0 Å². The van der Waals surface area contributed by atoms with Crippen LogP contribution >= 0.6 is 0 Å². The van der Waals surface area contributed by atoms with Gasteiger partial charge in [-0.3, -0.25) is 4.90 Å². The number of hydrogen-bond donors (Lipinski definition) is 2. The van der Waals surface area contributed by atoms with Crippen LogP contribution in [-0.4, -0.2) is 88.2 Å². The van der Waals surface area contributed by atoms with Gasteiger partial charge in [0, 0.05) is 69.1 Å². The highest BCUT2D eigenvalue weighted by Crippen LogP contribution is 2.39. The number of anilines is 3. The quantitative estimate of drug-likeness (QED) is 0.462. The minimum absolute atomic E-state index is 0.178. The maximum Gasteiger partial charge on any atom is 0.410 e. The van der Waals surface area contributed by atoms with Crippen LogP contribution in [0.4, 0.5) is 22.0 Å². The van der Waals surface area contributed by atoms with Crippen LogP contribution in [0, 0.1) is 0 Å². The van der Waals surface area contributed by atoms with E-state index in [1.54, 1.807) is 12.1 Å². The zero-order chi connectivity index (χ0) is 29.4. The van der Waals surface area contributed by atoms with Crippen molar-refractivity contribution in [3.8, 4) is 17.0 Å². The second-order valence-electron chi connectivity index (χ2n) is 12.6. The third kappa shape index (κ3) is 5.94. The van der Waals surface area contributed by atoms with Crippen molar-refractivity contribution < 1.29 is 14.6 Å². The predicted octanol–water partition coefficient (Wildman–Crippen LogP) is 4.34. The molecule has 0 aliphatic carbocycles. The van der Waals surface area contributed by atoms with Crippen LogP contribution in [0.2, 0.25) is 0 Å². The Balaban J connectivity index is 1.11. The molecule has 0 spiro atoms. The third-order valence-electron chi connectivity index (χ3n) is 8.44. The minimum Gasteiger partial charge on any atom is -0.507 e. The number of hydrogen-bond acceptors (Lipinski definition) is 9. The Labute approximate surface area is 247 Å². The summed E-state index contributed by atoms with van der Waals surface area (Å²) in [7, 11) is 0. The smallest absolute Gasteiger partial charge is 0.410 e. The normalized spacial score (nSPS) is 21.1. The molecule has 42 heavy (non-hydrogen) atoms. The fourth-order valence-electron chi connectivity index (χ4n) is 6.48. The number of nitrogens with zero attached hydrogens (tertiary/aromatic N) is 6. The summed E-state index contributed by atoms with van der Waals surface area (Å²) in [4.78, 5) is 21.6. The maximum absolute atomic E-state index is 12.4. The van der Waals surface area contributed by atoms with Gasteiger partial charge in [-0.1, -0.05) is 24.3 Å². The van der Waals surface area contributed by atoms with Crippen molar-refractivity contribution in [3.05, 3.63) is 60.2 Å². The van der Waals surface area contributed by atoms with Crippen molar-refractivity contribution in [2.45, 2.75) is 57.8 Å². The Bertz CT molecular complexity index is 1420. The SMILES string of the molecule is CC(C)(C)OC(=O)N1CCN(Cc2cccc(N3C4CCC3CN(c3cc(-c5ccccc5O)nnc3N)C4)c2)CC1. The van der Waals surface area contributed by atoms with E-state index in [-0.39, 0.29) is 11.8 Å². The summed E-state index contributed by atoms with van der Waals surface area (Å²) in [6, 6.07) is 18.8. The molecule has 3 aliphatic heterocycles. The van der Waals surface area contributed by atoms with E-state index in [0.29, 0.717) is 42.2 Å². The number of piperazine rings is 2. The highest BCUT2D eigenvalue weighted by atomic mass is 16.6. The lowest BCUT2D eigenvalue weighted by Gasteiger charge is -2.43. The van der Waals surface area contributed by atoms with Gasteiger partial charge in [0.15, 0.2) is 5.82 Å². The minimum atomic E-state index is -0.476. The zero-order valence-electron chi connectivity index (χ0n) is 24.7. The molecular formula is C32H41N7O3. The van der Waals surface area contributed by atoms with Gasteiger partial charge >= 0.3 is 6.09 Å². The van der Waals surface area contributed by atoms with Gasteiger partial charge in [-0.15, -0.1) is 10.2 Å². The molecule has 6 rings (SSSR count). The van der Waals surface area contributed by atoms with Gasteiger partial charge in [-0.2, -0.15) is 0 Å². The highest BCUT2D eigenvalue weighted by molar-refractivity contribution is 5.74. The second-order valence-corrected chi connectivity index (χ2v) is 12.6. The molecule has 3 fully saturated rings. The molecule has 3 N–H and O–H groups in total. The number of nitrogens with two attached hydrogens (primary N) is 1. The zero-order valence-corrected chi connectivity index (χ0v) is 24.7. The van der Waals surface area contributed by atoms with Crippen LogP contribution in [0.15, 0.2) is 54.6 Å². The van der Waals surface area contributed by atoms with E-state index in [1.165, 1.54) is 11.3 Å². The largest absolute Gasteiger partial charge is 0.507 e. The summed E-state index contributed by atoms with van der Waals surface area (Å²) >= 11 is 0. The number of phenols is 1. The van der Waals surface area contributed by atoms with Crippen LogP contribution < -0.4 is 15.5 Å². The fraction of sp³-hybridized carbons (Fsp3) is 0.469. The molecule has 3 aliphatic rings. The third-order valence-corrected chi connectivity index (χ3v) is 8.44. The number of ether oxygens (including phenoxy) is 1. The van der Waals surface area contributed by atoms with Gasteiger partial charge in [0.2, 0.25) is 0 Å². The number of aromatic nitrogens is 2. The first-order valence-corrected chi connectivity index (χ1v) is 14.9. The number of carbonyl (C=O) groups excluding carboxylic acids is 1. The van der Waals surface area contributed by atoms with Gasteiger partial charge in [-0.25, -0.2) is 4.79 Å². The van der Waals surface area contributed by atoms with Gasteiger partial charge in [-0.05, 0) is 69.5 Å². The molecule has 10 heteroatoms. The summed E-state index contributed by atoms with van der Waals surface area (Å²) in [6.07, 6.45) is 2.03. The molecule has 10 nitrogen and oxygen atoms in total. The molecule has 2 aromatic carbocycles. The number of aromatic hydroxyl groups is 1. The lowest BCUT2D eigenvalue weighted by atomic mass is 10.1. The molecule has 3 saturated heterocycles. The Morgan fingerprint density at radius 3 is 2.38 bits per heavy atom. The van der Waals surface area contributed by atoms with Gasteiger partial charge in [0.05, 0.1) is 11.4 Å². The van der Waals surface area contributed by atoms with Crippen molar-refractivity contribution in [2.24, 2.45) is 0 Å². The van der Waals surface area contributed by atoms with Gasteiger partial charge in [0.1, 0.15) is 11.4 Å². The molecular weight excluding hydrogens is 530 g/mol. The van der Waals surface area contributed by atoms with Gasteiger partial charge < -0.3 is 30.3 Å². The second kappa shape index (κ2) is 11.3. The van der Waals surface area contributed by atoms with Crippen LogP contribution in [0.25, 0.3) is 11.3 Å². The number of nitrogen functional groups attached to an aromatic ring is 1. The number of phenolic OH excluding ortho intramolecular Hbond substituents is 1. The summed E-state index contributed by atoms with van der Waals surface area (Å²) in [6.45, 7) is 11.3. The lowest BCUT2D eigenvalue weighted by Crippen LogP contribution is -2.54. The van der Waals surface area contributed by atoms with Crippen molar-refractivity contribution in [3.63, 3.8) is 0 Å². The van der Waals surface area contributed by atoms with Crippen molar-refractivity contribution >= 4 is 23.3 Å². The molecule has 4 heterocycles. The number of amides is 1. The number of benzene rings is 2. The summed E-state index contributed by atoms with van der Waals surface area (Å²) in [5.74, 6) is 0.591. The average Bonchev–Trinajstić information content (AvgIpc) is 3.22. The first-order chi connectivity index (χ1) is 20.1. The molecule has 222 valence electrons. The topological polar surface area (TPSA) is 111 Å². The first kappa shape index (κ1) is 28.1. The Kier molecular flexibility index (Phi) is 7.57. The highest BCUT2D eigenvalue weighted by Gasteiger charge is 2.41. The van der Waals surface area contributed by atoms with E-state index in [4.69, 9.17) is 10.5 Å². The Morgan fingerprint density at radius 1 is 0.976 bits per heavy atom. The van der Waals surface area contributed by atoms with Gasteiger partial charge in [0.25, 0.3) is 0 Å². The van der Waals surface area contributed by atoms with Crippen LogP contribution in [-0.2, 0) is 11.3 Å². The Morgan fingerprint density at radius 2 is 1.69 bits per heavy atom. The van der Waals surface area contributed by atoms with Crippen molar-refractivity contribution in [1.82, 2.24) is 20.0 Å². The predicted molar refractivity (Wildman–Crippen MR) is 165 cm³/mol. The van der Waals surface area contributed by atoms with E-state index >= 15 is 0 Å². The van der Waals surface area contributed by atoms with Crippen molar-refractivity contribution in [1.29, 1.82) is 0 Å². The maximum atomic E-state index is 12.4. The number of carbonyl (C=O) groups is 1. The molecule has 3 aromatic rings.